The van der Waals surface area contributed by atoms with E-state index in [1.165, 1.54) is 16.0 Å². The Morgan fingerprint density at radius 1 is 1.22 bits per heavy atom. The number of nitrogens with zero attached hydrogens (tertiary/aromatic N) is 6. The van der Waals surface area contributed by atoms with Crippen LogP contribution in [0.5, 0.6) is 0 Å². The van der Waals surface area contributed by atoms with E-state index in [1.807, 2.05) is 42.6 Å². The summed E-state index contributed by atoms with van der Waals surface area (Å²) < 4.78 is 3.34. The van der Waals surface area contributed by atoms with Gasteiger partial charge in [0, 0.05) is 7.05 Å². The van der Waals surface area contributed by atoms with Gasteiger partial charge in [0.2, 0.25) is 5.91 Å². The second-order valence-electron chi connectivity index (χ2n) is 5.98. The number of likely N-dealkylation sites (N-methyl/N-ethyl adjacent to an activating group) is 1. The summed E-state index contributed by atoms with van der Waals surface area (Å²) in [6, 6.07) is 11.2. The zero-order valence-corrected chi connectivity index (χ0v) is 16.3. The number of thiophene rings is 1. The van der Waals surface area contributed by atoms with Gasteiger partial charge in [-0.1, -0.05) is 12.1 Å². The smallest absolute Gasteiger partial charge is 0.335 e. The molecule has 0 aliphatic carbocycles. The Kier molecular flexibility index (Phi) is 4.58. The number of carbonyl (C=O) groups excluding carboxylic acids is 1. The minimum Gasteiger partial charge on any atom is -0.335 e. The molecule has 0 bridgehead atoms. The number of amides is 1. The van der Waals surface area contributed by atoms with Crippen LogP contribution in [-0.4, -0.2) is 42.6 Å². The van der Waals surface area contributed by atoms with E-state index in [1.54, 1.807) is 29.4 Å². The van der Waals surface area contributed by atoms with Gasteiger partial charge in [-0.15, -0.1) is 22.7 Å². The molecule has 0 saturated heterocycles. The van der Waals surface area contributed by atoms with Crippen LogP contribution in [0.1, 0.15) is 18.0 Å². The quantitative estimate of drug-likeness (QED) is 0.513. The third-order valence-corrected chi connectivity index (χ3v) is 6.33. The average Bonchev–Trinajstić information content (AvgIpc) is 3.40. The zero-order valence-electron chi connectivity index (χ0n) is 14.6. The van der Waals surface area contributed by atoms with E-state index in [-0.39, 0.29) is 18.5 Å². The largest absolute Gasteiger partial charge is 0.369 e. The maximum absolute atomic E-state index is 12.7. The van der Waals surface area contributed by atoms with Gasteiger partial charge >= 0.3 is 5.69 Å². The number of hydrogen-bond donors (Lipinski definition) is 0. The summed E-state index contributed by atoms with van der Waals surface area (Å²) in [7, 11) is 1.70. The lowest BCUT2D eigenvalue weighted by molar-refractivity contribution is -0.132. The molecule has 0 radical (unpaired) electrons. The van der Waals surface area contributed by atoms with Crippen LogP contribution in [0.15, 0.2) is 46.6 Å². The highest BCUT2D eigenvalue weighted by Crippen LogP contribution is 2.28. The summed E-state index contributed by atoms with van der Waals surface area (Å²) in [4.78, 5) is 31.2. The van der Waals surface area contributed by atoms with Crippen molar-refractivity contribution in [2.75, 3.05) is 7.05 Å². The topological polar surface area (TPSA) is 85.9 Å². The molecule has 27 heavy (non-hydrogen) atoms. The summed E-state index contributed by atoms with van der Waals surface area (Å²) in [6.45, 7) is 1.75. The predicted molar refractivity (Wildman–Crippen MR) is 104 cm³/mol. The molecular formula is C17H16N6O2S2. The summed E-state index contributed by atoms with van der Waals surface area (Å²) in [6.07, 6.45) is 0. The van der Waals surface area contributed by atoms with E-state index in [0.717, 1.165) is 19.9 Å². The molecule has 138 valence electrons. The van der Waals surface area contributed by atoms with Crippen LogP contribution >= 0.6 is 22.7 Å². The molecule has 4 aromatic rings. The van der Waals surface area contributed by atoms with E-state index in [2.05, 4.69) is 15.4 Å². The van der Waals surface area contributed by atoms with Crippen molar-refractivity contribution >= 4 is 38.8 Å². The third-order valence-electron chi connectivity index (χ3n) is 4.28. The Bertz CT molecular complexity index is 1110. The number of fused-ring (bicyclic) bond motifs is 1. The van der Waals surface area contributed by atoms with Crippen molar-refractivity contribution in [3.63, 3.8) is 0 Å². The van der Waals surface area contributed by atoms with E-state index in [0.29, 0.717) is 5.00 Å². The summed E-state index contributed by atoms with van der Waals surface area (Å²) in [5.41, 5.74) is 0.479. The molecule has 0 spiro atoms. The molecule has 10 heteroatoms. The van der Waals surface area contributed by atoms with Crippen molar-refractivity contribution in [3.8, 4) is 5.00 Å². The Morgan fingerprint density at radius 3 is 2.78 bits per heavy atom. The number of para-hydroxylation sites is 1. The maximum Gasteiger partial charge on any atom is 0.369 e. The minimum atomic E-state index is -0.438. The second-order valence-corrected chi connectivity index (χ2v) is 7.97. The lowest BCUT2D eigenvalue weighted by atomic mass is 10.3. The molecule has 0 N–H and O–H groups in total. The highest BCUT2D eigenvalue weighted by molar-refractivity contribution is 7.18. The van der Waals surface area contributed by atoms with Crippen molar-refractivity contribution in [3.05, 3.63) is 57.3 Å². The van der Waals surface area contributed by atoms with Crippen molar-refractivity contribution in [2.24, 2.45) is 0 Å². The number of hydrogen-bond acceptors (Lipinski definition) is 7. The SMILES string of the molecule is CC(c1nc2ccccc2s1)N(C)C(=O)Cn1nnn(-c2cccs2)c1=O. The fourth-order valence-electron chi connectivity index (χ4n) is 2.59. The van der Waals surface area contributed by atoms with Crippen LogP contribution < -0.4 is 5.69 Å². The molecule has 0 aliphatic heterocycles. The number of rotatable bonds is 5. The highest BCUT2D eigenvalue weighted by atomic mass is 32.1. The molecule has 1 atom stereocenters. The predicted octanol–water partition coefficient (Wildman–Crippen LogP) is 2.32. The van der Waals surface area contributed by atoms with Gasteiger partial charge in [0.05, 0.1) is 16.3 Å². The number of benzene rings is 1. The normalized spacial score (nSPS) is 12.4. The van der Waals surface area contributed by atoms with Gasteiger partial charge in [-0.05, 0) is 47.0 Å². The van der Waals surface area contributed by atoms with E-state index >= 15 is 0 Å². The van der Waals surface area contributed by atoms with E-state index < -0.39 is 5.69 Å². The number of aromatic nitrogens is 5. The Labute approximate surface area is 162 Å². The number of carbonyl (C=O) groups is 1. The standard InChI is InChI=1S/C17H16N6O2S2/c1-11(16-18-12-6-3-4-7-13(12)27-16)21(2)14(24)10-22-17(25)23(20-19-22)15-8-5-9-26-15/h3-9,11H,10H2,1-2H3. The van der Waals surface area contributed by atoms with E-state index in [9.17, 15) is 9.59 Å². The minimum absolute atomic E-state index is 0.171. The van der Waals surface area contributed by atoms with Gasteiger partial charge in [0.1, 0.15) is 16.6 Å². The fourth-order valence-corrected chi connectivity index (χ4v) is 4.32. The zero-order chi connectivity index (χ0) is 19.0. The molecule has 3 aromatic heterocycles. The summed E-state index contributed by atoms with van der Waals surface area (Å²) >= 11 is 2.94. The van der Waals surface area contributed by atoms with Crippen LogP contribution in [0.4, 0.5) is 0 Å². The fraction of sp³-hybridized carbons (Fsp3) is 0.235. The molecule has 4 rings (SSSR count). The van der Waals surface area contributed by atoms with Crippen LogP contribution in [0, 0.1) is 0 Å². The first-order valence-electron chi connectivity index (χ1n) is 8.22. The Balaban J connectivity index is 1.52. The first-order valence-corrected chi connectivity index (χ1v) is 9.92. The van der Waals surface area contributed by atoms with Crippen LogP contribution in [0.3, 0.4) is 0 Å². The highest BCUT2D eigenvalue weighted by Gasteiger charge is 2.22. The van der Waals surface area contributed by atoms with Gasteiger partial charge in [-0.3, -0.25) is 4.79 Å². The monoisotopic (exact) mass is 400 g/mol. The van der Waals surface area contributed by atoms with Gasteiger partial charge in [0.15, 0.2) is 0 Å². The number of thiazole rings is 1. The lowest BCUT2D eigenvalue weighted by Gasteiger charge is -2.22. The molecule has 1 aromatic carbocycles. The first-order chi connectivity index (χ1) is 13.0. The molecule has 1 amide bonds. The molecule has 0 saturated carbocycles. The average molecular weight is 400 g/mol. The Hall–Kier alpha value is -2.85. The van der Waals surface area contributed by atoms with Crippen molar-refractivity contribution in [1.82, 2.24) is 29.7 Å². The van der Waals surface area contributed by atoms with Crippen LogP contribution in [-0.2, 0) is 11.3 Å². The second kappa shape index (κ2) is 7.05. The van der Waals surface area contributed by atoms with Crippen molar-refractivity contribution in [1.29, 1.82) is 0 Å². The van der Waals surface area contributed by atoms with Crippen LogP contribution in [0.2, 0.25) is 0 Å². The first kappa shape index (κ1) is 17.6. The van der Waals surface area contributed by atoms with Gasteiger partial charge < -0.3 is 4.90 Å². The Morgan fingerprint density at radius 2 is 2.04 bits per heavy atom. The molecule has 8 nitrogen and oxygen atoms in total. The van der Waals surface area contributed by atoms with Crippen LogP contribution in [0.25, 0.3) is 15.2 Å². The lowest BCUT2D eigenvalue weighted by Crippen LogP contribution is -2.36. The summed E-state index contributed by atoms with van der Waals surface area (Å²) in [5.74, 6) is -0.234. The molecule has 3 heterocycles. The summed E-state index contributed by atoms with van der Waals surface area (Å²) in [5, 5.41) is 11.0. The van der Waals surface area contributed by atoms with Crippen molar-refractivity contribution in [2.45, 2.75) is 19.5 Å². The maximum atomic E-state index is 12.7. The molecule has 0 aliphatic rings. The van der Waals surface area contributed by atoms with Crippen molar-refractivity contribution < 1.29 is 4.79 Å². The van der Waals surface area contributed by atoms with Gasteiger partial charge in [-0.2, -0.15) is 9.36 Å². The molecular weight excluding hydrogens is 384 g/mol. The number of tetrazole rings is 1. The third kappa shape index (κ3) is 3.28. The molecule has 1 unspecified atom stereocenters. The molecule has 0 fully saturated rings. The van der Waals surface area contributed by atoms with Gasteiger partial charge in [-0.25, -0.2) is 9.78 Å². The van der Waals surface area contributed by atoms with Gasteiger partial charge in [0.25, 0.3) is 0 Å². The van der Waals surface area contributed by atoms with E-state index in [4.69, 9.17) is 0 Å².